The number of aliphatic carboxylic acids is 1. The maximum atomic E-state index is 11.9. The molecule has 0 saturated carbocycles. The van der Waals surface area contributed by atoms with Crippen molar-refractivity contribution >= 4 is 23.6 Å². The van der Waals surface area contributed by atoms with E-state index in [9.17, 15) is 14.4 Å². The fourth-order valence-corrected chi connectivity index (χ4v) is 2.09. The van der Waals surface area contributed by atoms with Crippen molar-refractivity contribution in [1.29, 1.82) is 0 Å². The number of urea groups is 1. The van der Waals surface area contributed by atoms with Crippen LogP contribution in [0.25, 0.3) is 0 Å². The molecule has 5 N–H and O–H groups in total. The van der Waals surface area contributed by atoms with Crippen molar-refractivity contribution in [2.45, 2.75) is 33.2 Å². The molecule has 1 aromatic rings. The Hall–Kier alpha value is -2.57. The van der Waals surface area contributed by atoms with Crippen LogP contribution < -0.4 is 16.4 Å². The van der Waals surface area contributed by atoms with Crippen molar-refractivity contribution in [2.24, 2.45) is 5.73 Å². The van der Waals surface area contributed by atoms with Gasteiger partial charge in [-0.25, -0.2) is 9.59 Å². The second-order valence-corrected chi connectivity index (χ2v) is 4.93. The zero-order valence-corrected chi connectivity index (χ0v) is 12.2. The summed E-state index contributed by atoms with van der Waals surface area (Å²) in [5.41, 5.74) is 8.36. The first-order valence-electron chi connectivity index (χ1n) is 6.37. The van der Waals surface area contributed by atoms with Crippen LogP contribution in [0, 0.1) is 20.8 Å². The molecule has 1 rings (SSSR count). The predicted octanol–water partition coefficient (Wildman–Crippen LogP) is 1.06. The van der Waals surface area contributed by atoms with E-state index in [0.717, 1.165) is 16.7 Å². The summed E-state index contributed by atoms with van der Waals surface area (Å²) in [4.78, 5) is 33.6. The highest BCUT2D eigenvalue weighted by Crippen LogP contribution is 2.21. The third-order valence-corrected chi connectivity index (χ3v) is 2.92. The lowest BCUT2D eigenvalue weighted by atomic mass is 10.1. The fraction of sp³-hybridized carbons (Fsp3) is 0.357. The van der Waals surface area contributed by atoms with Gasteiger partial charge in [-0.15, -0.1) is 0 Å². The van der Waals surface area contributed by atoms with Crippen LogP contribution in [0.4, 0.5) is 10.5 Å². The predicted molar refractivity (Wildman–Crippen MR) is 78.0 cm³/mol. The van der Waals surface area contributed by atoms with Crippen molar-refractivity contribution in [3.63, 3.8) is 0 Å². The minimum absolute atomic E-state index is 0.464. The molecule has 0 fully saturated rings. The number of primary amides is 1. The third kappa shape index (κ3) is 4.79. The summed E-state index contributed by atoms with van der Waals surface area (Å²) in [5, 5.41) is 13.7. The second kappa shape index (κ2) is 6.74. The Labute approximate surface area is 122 Å². The molecule has 0 aliphatic rings. The van der Waals surface area contributed by atoms with Crippen LogP contribution in [-0.2, 0) is 9.59 Å². The quantitative estimate of drug-likeness (QED) is 0.648. The van der Waals surface area contributed by atoms with Gasteiger partial charge in [0.25, 0.3) is 0 Å². The van der Waals surface area contributed by atoms with Crippen molar-refractivity contribution < 1.29 is 19.5 Å². The lowest BCUT2D eigenvalue weighted by Crippen LogP contribution is -2.45. The van der Waals surface area contributed by atoms with Crippen LogP contribution in [-0.4, -0.2) is 29.1 Å². The number of carboxylic acids is 1. The maximum Gasteiger partial charge on any atom is 0.326 e. The number of hydrogen-bond acceptors (Lipinski definition) is 3. The van der Waals surface area contributed by atoms with Crippen LogP contribution in [0.5, 0.6) is 0 Å². The Morgan fingerprint density at radius 2 is 1.71 bits per heavy atom. The largest absolute Gasteiger partial charge is 0.480 e. The van der Waals surface area contributed by atoms with Gasteiger partial charge in [-0.05, 0) is 31.9 Å². The van der Waals surface area contributed by atoms with E-state index in [0.29, 0.717) is 5.69 Å². The molecular weight excluding hydrogens is 274 g/mol. The number of anilines is 1. The number of amides is 3. The first-order valence-corrected chi connectivity index (χ1v) is 6.37. The summed E-state index contributed by atoms with van der Waals surface area (Å²) in [6.07, 6.45) is -0.464. The third-order valence-electron chi connectivity index (χ3n) is 2.92. The lowest BCUT2D eigenvalue weighted by molar-refractivity contribution is -0.140. The summed E-state index contributed by atoms with van der Waals surface area (Å²) in [6.45, 7) is 5.62. The molecular formula is C14H19N3O4. The average Bonchev–Trinajstić information content (AvgIpc) is 2.32. The van der Waals surface area contributed by atoms with Gasteiger partial charge in [0.1, 0.15) is 6.04 Å². The molecule has 3 amide bonds. The van der Waals surface area contributed by atoms with E-state index in [2.05, 4.69) is 10.6 Å². The van der Waals surface area contributed by atoms with Gasteiger partial charge < -0.3 is 21.5 Å². The van der Waals surface area contributed by atoms with Crippen LogP contribution in [0.1, 0.15) is 23.1 Å². The molecule has 0 radical (unpaired) electrons. The summed E-state index contributed by atoms with van der Waals surface area (Å²) in [5.74, 6) is -2.12. The standard InChI is InChI=1S/C14H19N3O4/c1-7-4-8(2)12(9(3)5-7)17-14(21)16-10(13(19)20)6-11(15)18/h4-5,10H,6H2,1-3H3,(H2,15,18)(H,19,20)(H2,16,17,21)/t10-/m0/s1. The molecule has 0 saturated heterocycles. The topological polar surface area (TPSA) is 122 Å². The van der Waals surface area contributed by atoms with E-state index in [4.69, 9.17) is 10.8 Å². The Morgan fingerprint density at radius 1 is 1.19 bits per heavy atom. The highest BCUT2D eigenvalue weighted by molar-refractivity contribution is 5.94. The van der Waals surface area contributed by atoms with E-state index < -0.39 is 30.4 Å². The molecule has 0 unspecified atom stereocenters. The summed E-state index contributed by atoms with van der Waals surface area (Å²) < 4.78 is 0. The van der Waals surface area contributed by atoms with Gasteiger partial charge in [0.05, 0.1) is 6.42 Å². The average molecular weight is 293 g/mol. The summed E-state index contributed by atoms with van der Waals surface area (Å²) in [7, 11) is 0. The number of carbonyl (C=O) groups excluding carboxylic acids is 2. The van der Waals surface area contributed by atoms with E-state index in [-0.39, 0.29) is 0 Å². The van der Waals surface area contributed by atoms with Crippen molar-refractivity contribution in [3.05, 3.63) is 28.8 Å². The number of carboxylic acid groups (broad SMARTS) is 1. The van der Waals surface area contributed by atoms with Gasteiger partial charge in [-0.2, -0.15) is 0 Å². The minimum Gasteiger partial charge on any atom is -0.480 e. The molecule has 114 valence electrons. The Morgan fingerprint density at radius 3 is 2.14 bits per heavy atom. The number of nitrogens with two attached hydrogens (primary N) is 1. The van der Waals surface area contributed by atoms with Crippen molar-refractivity contribution in [1.82, 2.24) is 5.32 Å². The monoisotopic (exact) mass is 293 g/mol. The van der Waals surface area contributed by atoms with Gasteiger partial charge in [0.15, 0.2) is 0 Å². The van der Waals surface area contributed by atoms with E-state index in [1.54, 1.807) is 0 Å². The van der Waals surface area contributed by atoms with Crippen LogP contribution in [0.2, 0.25) is 0 Å². The minimum atomic E-state index is -1.35. The summed E-state index contributed by atoms with van der Waals surface area (Å²) >= 11 is 0. The molecule has 0 aliphatic heterocycles. The van der Waals surface area contributed by atoms with Gasteiger partial charge in [-0.1, -0.05) is 17.7 Å². The Bertz CT molecular complexity index is 561. The zero-order valence-electron chi connectivity index (χ0n) is 12.2. The van der Waals surface area contributed by atoms with Crippen molar-refractivity contribution in [3.8, 4) is 0 Å². The van der Waals surface area contributed by atoms with E-state index >= 15 is 0 Å². The number of hydrogen-bond donors (Lipinski definition) is 4. The number of nitrogens with one attached hydrogen (secondary N) is 2. The number of aryl methyl sites for hydroxylation is 3. The molecule has 0 aliphatic carbocycles. The smallest absolute Gasteiger partial charge is 0.326 e. The molecule has 0 bridgehead atoms. The maximum absolute atomic E-state index is 11.9. The van der Waals surface area contributed by atoms with Gasteiger partial charge in [0, 0.05) is 5.69 Å². The normalized spacial score (nSPS) is 11.6. The highest BCUT2D eigenvalue weighted by Gasteiger charge is 2.22. The lowest BCUT2D eigenvalue weighted by Gasteiger charge is -2.16. The Kier molecular flexibility index (Phi) is 5.29. The van der Waals surface area contributed by atoms with Gasteiger partial charge in [-0.3, -0.25) is 4.79 Å². The van der Waals surface area contributed by atoms with E-state index in [1.807, 2.05) is 32.9 Å². The van der Waals surface area contributed by atoms with Gasteiger partial charge >= 0.3 is 12.0 Å². The number of rotatable bonds is 5. The second-order valence-electron chi connectivity index (χ2n) is 4.93. The first-order chi connectivity index (χ1) is 9.70. The van der Waals surface area contributed by atoms with Crippen LogP contribution in [0.15, 0.2) is 12.1 Å². The van der Waals surface area contributed by atoms with E-state index in [1.165, 1.54) is 0 Å². The fourth-order valence-electron chi connectivity index (χ4n) is 2.09. The molecule has 0 aromatic heterocycles. The molecule has 1 atom stereocenters. The number of carbonyl (C=O) groups is 3. The van der Waals surface area contributed by atoms with Crippen LogP contribution >= 0.6 is 0 Å². The van der Waals surface area contributed by atoms with Crippen molar-refractivity contribution in [2.75, 3.05) is 5.32 Å². The van der Waals surface area contributed by atoms with Gasteiger partial charge in [0.2, 0.25) is 5.91 Å². The highest BCUT2D eigenvalue weighted by atomic mass is 16.4. The SMILES string of the molecule is Cc1cc(C)c(NC(=O)N[C@@H](CC(N)=O)C(=O)O)c(C)c1. The molecule has 1 aromatic carbocycles. The zero-order chi connectivity index (χ0) is 16.2. The number of benzene rings is 1. The molecule has 0 spiro atoms. The van der Waals surface area contributed by atoms with Crippen LogP contribution in [0.3, 0.4) is 0 Å². The Balaban J connectivity index is 2.82. The molecule has 7 nitrogen and oxygen atoms in total. The molecule has 7 heteroatoms. The summed E-state index contributed by atoms with van der Waals surface area (Å²) in [6, 6.07) is 1.76. The first kappa shape index (κ1) is 16.5. The molecule has 21 heavy (non-hydrogen) atoms. The molecule has 0 heterocycles.